The van der Waals surface area contributed by atoms with E-state index in [0.29, 0.717) is 12.8 Å². The van der Waals surface area contributed by atoms with Crippen molar-refractivity contribution >= 4 is 23.2 Å². The van der Waals surface area contributed by atoms with Crippen LogP contribution in [0, 0.1) is 0 Å². The first-order chi connectivity index (χ1) is 8.54. The minimum absolute atomic E-state index is 0.181. The molecule has 2 amide bonds. The Morgan fingerprint density at radius 3 is 1.67 bits per heavy atom. The Labute approximate surface area is 105 Å². The van der Waals surface area contributed by atoms with Crippen molar-refractivity contribution in [3.8, 4) is 0 Å². The first kappa shape index (κ1) is 12.2. The number of rotatable bonds is 2. The number of hydrogen-bond acceptors (Lipinski definition) is 4. The Morgan fingerprint density at radius 2 is 1.33 bits per heavy atom. The van der Waals surface area contributed by atoms with Crippen molar-refractivity contribution in [3.05, 3.63) is 23.3 Å². The lowest BCUT2D eigenvalue weighted by Crippen LogP contribution is -2.15. The molecule has 0 aromatic heterocycles. The maximum Gasteiger partial charge on any atom is 0.236 e. The zero-order valence-corrected chi connectivity index (χ0v) is 10.3. The first-order valence-corrected chi connectivity index (χ1v) is 5.62. The third-order valence-corrected chi connectivity index (χ3v) is 2.55. The molecule has 2 aliphatic rings. The molecule has 0 aliphatic heterocycles. The van der Waals surface area contributed by atoms with Crippen LogP contribution in [0.15, 0.2) is 33.5 Å². The summed E-state index contributed by atoms with van der Waals surface area (Å²) >= 11 is 0. The molecule has 0 spiro atoms. The number of nitrogens with zero attached hydrogens (tertiary/aromatic N) is 2. The highest BCUT2D eigenvalue weighted by molar-refractivity contribution is 6.10. The summed E-state index contributed by atoms with van der Waals surface area (Å²) in [4.78, 5) is 21.5. The van der Waals surface area contributed by atoms with Crippen molar-refractivity contribution in [2.45, 2.75) is 26.7 Å². The molecule has 2 aliphatic carbocycles. The zero-order valence-electron chi connectivity index (χ0n) is 10.3. The summed E-state index contributed by atoms with van der Waals surface area (Å²) in [7, 11) is 0. The van der Waals surface area contributed by atoms with Gasteiger partial charge in [0.05, 0.1) is 11.4 Å². The van der Waals surface area contributed by atoms with Gasteiger partial charge in [-0.15, -0.1) is 0 Å². The van der Waals surface area contributed by atoms with Crippen molar-refractivity contribution < 1.29 is 9.59 Å². The molecule has 0 aromatic rings. The molecule has 0 atom stereocenters. The minimum Gasteiger partial charge on any atom is -0.274 e. The van der Waals surface area contributed by atoms with Gasteiger partial charge in [0.2, 0.25) is 11.8 Å². The van der Waals surface area contributed by atoms with Gasteiger partial charge in [-0.25, -0.2) is 10.9 Å². The quantitative estimate of drug-likeness (QED) is 0.700. The number of hydrogen-bond donors (Lipinski definition) is 2. The van der Waals surface area contributed by atoms with Gasteiger partial charge in [0.25, 0.3) is 0 Å². The Hall–Kier alpha value is -2.24. The van der Waals surface area contributed by atoms with Gasteiger partial charge in [-0.2, -0.15) is 10.2 Å². The number of nitrogens with one attached hydrogen (secondary N) is 2. The van der Waals surface area contributed by atoms with E-state index >= 15 is 0 Å². The van der Waals surface area contributed by atoms with Crippen molar-refractivity contribution in [3.63, 3.8) is 0 Å². The van der Waals surface area contributed by atoms with Crippen molar-refractivity contribution in [1.29, 1.82) is 0 Å². The van der Waals surface area contributed by atoms with Gasteiger partial charge in [0.1, 0.15) is 0 Å². The predicted octanol–water partition coefficient (Wildman–Crippen LogP) is 0.631. The summed E-state index contributed by atoms with van der Waals surface area (Å²) < 4.78 is 0. The lowest BCUT2D eigenvalue weighted by molar-refractivity contribution is -0.119. The molecule has 18 heavy (non-hydrogen) atoms. The number of fused-ring (bicyclic) bond motifs is 1. The normalized spacial score (nSPS) is 21.7. The summed E-state index contributed by atoms with van der Waals surface area (Å²) in [5.74, 6) is -0.361. The van der Waals surface area contributed by atoms with Crippen LogP contribution in [0.4, 0.5) is 0 Å². The van der Waals surface area contributed by atoms with Crippen molar-refractivity contribution in [2.24, 2.45) is 10.2 Å². The first-order valence-electron chi connectivity index (χ1n) is 5.62. The lowest BCUT2D eigenvalue weighted by Gasteiger charge is -1.96. The summed E-state index contributed by atoms with van der Waals surface area (Å²) in [6.45, 7) is 2.84. The molecular weight excluding hydrogens is 232 g/mol. The lowest BCUT2D eigenvalue weighted by atomic mass is 10.2. The van der Waals surface area contributed by atoms with E-state index in [2.05, 4.69) is 21.1 Å². The molecular formula is C12H14N4O2. The molecule has 0 unspecified atom stereocenters. The van der Waals surface area contributed by atoms with Crippen molar-refractivity contribution in [2.75, 3.05) is 0 Å². The van der Waals surface area contributed by atoms with E-state index < -0.39 is 0 Å². The molecule has 0 aromatic carbocycles. The third-order valence-electron chi connectivity index (χ3n) is 2.55. The van der Waals surface area contributed by atoms with Gasteiger partial charge in [0, 0.05) is 26.7 Å². The summed E-state index contributed by atoms with van der Waals surface area (Å²) in [5.41, 5.74) is 8.80. The highest BCUT2D eigenvalue weighted by Gasteiger charge is 2.23. The SMILES string of the molecule is CC(=O)N/N=C1\C=C2C/C(=N/NC(C)=O)C=C2C1. The Balaban J connectivity index is 2.02. The van der Waals surface area contributed by atoms with Gasteiger partial charge in [-0.05, 0) is 23.3 Å². The summed E-state index contributed by atoms with van der Waals surface area (Å²) in [6, 6.07) is 0. The standard InChI is InChI=1S/C12H14N4O2/c1-7(17)13-15-11-3-9-5-12(6-10(9)4-11)16-14-8(2)18/h3,6H,4-5H2,1-2H3,(H,13,17)(H,14,18)/b15-11+,16-12-. The Morgan fingerprint density at radius 1 is 0.944 bits per heavy atom. The largest absolute Gasteiger partial charge is 0.274 e. The monoisotopic (exact) mass is 246 g/mol. The molecule has 0 radical (unpaired) electrons. The molecule has 6 heteroatoms. The third kappa shape index (κ3) is 2.91. The highest BCUT2D eigenvalue weighted by Crippen LogP contribution is 2.31. The van der Waals surface area contributed by atoms with Crippen LogP contribution in [-0.4, -0.2) is 23.2 Å². The molecule has 94 valence electrons. The molecule has 2 rings (SSSR count). The Kier molecular flexibility index (Phi) is 3.36. The average molecular weight is 246 g/mol. The second kappa shape index (κ2) is 4.95. The number of hydrazone groups is 2. The van der Waals surface area contributed by atoms with Gasteiger partial charge in [-0.3, -0.25) is 9.59 Å². The second-order valence-electron chi connectivity index (χ2n) is 4.23. The predicted molar refractivity (Wildman–Crippen MR) is 67.9 cm³/mol. The number of carbonyl (C=O) groups is 2. The molecule has 0 saturated carbocycles. The van der Waals surface area contributed by atoms with E-state index in [4.69, 9.17) is 0 Å². The molecule has 2 N–H and O–H groups in total. The summed E-state index contributed by atoms with van der Waals surface area (Å²) in [5, 5.41) is 7.99. The minimum atomic E-state index is -0.181. The van der Waals surface area contributed by atoms with Crippen LogP contribution in [0.1, 0.15) is 26.7 Å². The molecule has 0 saturated heterocycles. The fourth-order valence-electron chi connectivity index (χ4n) is 1.85. The van der Waals surface area contributed by atoms with Crippen LogP contribution in [-0.2, 0) is 9.59 Å². The number of carbonyl (C=O) groups excluding carboxylic acids is 2. The fourth-order valence-corrected chi connectivity index (χ4v) is 1.85. The van der Waals surface area contributed by atoms with Crippen LogP contribution in [0.25, 0.3) is 0 Å². The van der Waals surface area contributed by atoms with E-state index in [1.807, 2.05) is 12.2 Å². The van der Waals surface area contributed by atoms with Crippen LogP contribution < -0.4 is 10.9 Å². The maximum absolute atomic E-state index is 10.7. The fraction of sp³-hybridized carbons (Fsp3) is 0.333. The molecule has 0 bridgehead atoms. The van der Waals surface area contributed by atoms with Gasteiger partial charge >= 0.3 is 0 Å². The average Bonchev–Trinajstić information content (AvgIpc) is 2.80. The van der Waals surface area contributed by atoms with Crippen LogP contribution >= 0.6 is 0 Å². The van der Waals surface area contributed by atoms with Gasteiger partial charge < -0.3 is 0 Å². The van der Waals surface area contributed by atoms with Crippen molar-refractivity contribution in [1.82, 2.24) is 10.9 Å². The van der Waals surface area contributed by atoms with E-state index in [-0.39, 0.29) is 11.8 Å². The molecule has 6 nitrogen and oxygen atoms in total. The zero-order chi connectivity index (χ0) is 13.1. The van der Waals surface area contributed by atoms with E-state index in [9.17, 15) is 9.59 Å². The molecule has 0 fully saturated rings. The smallest absolute Gasteiger partial charge is 0.236 e. The van der Waals surface area contributed by atoms with Crippen LogP contribution in [0.2, 0.25) is 0 Å². The second-order valence-corrected chi connectivity index (χ2v) is 4.23. The molecule has 0 heterocycles. The van der Waals surface area contributed by atoms with E-state index in [1.54, 1.807) is 0 Å². The van der Waals surface area contributed by atoms with Crippen LogP contribution in [0.5, 0.6) is 0 Å². The topological polar surface area (TPSA) is 82.9 Å². The van der Waals surface area contributed by atoms with Gasteiger partial charge in [0.15, 0.2) is 0 Å². The van der Waals surface area contributed by atoms with Crippen LogP contribution in [0.3, 0.4) is 0 Å². The highest BCUT2D eigenvalue weighted by atomic mass is 16.2. The van der Waals surface area contributed by atoms with E-state index in [0.717, 1.165) is 22.6 Å². The number of amides is 2. The Bertz CT molecular complexity index is 478. The van der Waals surface area contributed by atoms with Gasteiger partial charge in [-0.1, -0.05) is 0 Å². The maximum atomic E-state index is 10.7. The van der Waals surface area contributed by atoms with E-state index in [1.165, 1.54) is 13.8 Å². The summed E-state index contributed by atoms with van der Waals surface area (Å²) in [6.07, 6.45) is 5.26. The number of allylic oxidation sites excluding steroid dienone is 4.